The second kappa shape index (κ2) is 9.62. The minimum Gasteiger partial charge on any atom is -0.263 e. The van der Waals surface area contributed by atoms with Gasteiger partial charge in [-0.2, -0.15) is 0 Å². The summed E-state index contributed by atoms with van der Waals surface area (Å²) in [6, 6.07) is 0. The van der Waals surface area contributed by atoms with E-state index >= 15 is 0 Å². The van der Waals surface area contributed by atoms with Gasteiger partial charge in [-0.25, -0.2) is 0 Å². The largest absolute Gasteiger partial charge is 0.263 e. The number of allylic oxidation sites excluding steroid dienone is 1. The Labute approximate surface area is 102 Å². The molecule has 1 heteroatoms. The van der Waals surface area contributed by atoms with Gasteiger partial charge >= 0.3 is 0 Å². The summed E-state index contributed by atoms with van der Waals surface area (Å²) in [7, 11) is 0. The maximum atomic E-state index is 4.53. The average molecular weight is 223 g/mol. The van der Waals surface area contributed by atoms with Crippen molar-refractivity contribution in [3.63, 3.8) is 0 Å². The fourth-order valence-electron chi connectivity index (χ4n) is 2.01. The number of nitrogens with zero attached hydrogens (tertiary/aromatic N) is 1. The second-order valence-electron chi connectivity index (χ2n) is 4.95. The standard InChI is InChI=1S/C15H29N/c1-6-9-13(3)11-8-12-15(5)16-14(4)10-7-2/h13H,4,6-12H2,1-3,5H3. The summed E-state index contributed by atoms with van der Waals surface area (Å²) in [5, 5.41) is 0. The topological polar surface area (TPSA) is 12.4 Å². The van der Waals surface area contributed by atoms with Crippen LogP contribution in [-0.2, 0) is 0 Å². The Balaban J connectivity index is 3.71. The molecule has 1 nitrogen and oxygen atoms in total. The van der Waals surface area contributed by atoms with E-state index in [9.17, 15) is 0 Å². The molecule has 0 fully saturated rings. The van der Waals surface area contributed by atoms with Crippen LogP contribution in [0.1, 0.15) is 72.6 Å². The minimum absolute atomic E-state index is 0.872. The molecule has 0 saturated heterocycles. The highest BCUT2D eigenvalue weighted by molar-refractivity contribution is 5.82. The lowest BCUT2D eigenvalue weighted by Crippen LogP contribution is -1.97. The van der Waals surface area contributed by atoms with Crippen molar-refractivity contribution in [2.45, 2.75) is 72.6 Å². The van der Waals surface area contributed by atoms with Gasteiger partial charge in [-0.3, -0.25) is 4.99 Å². The van der Waals surface area contributed by atoms with Crippen molar-refractivity contribution in [2.24, 2.45) is 10.9 Å². The third kappa shape index (κ3) is 8.70. The Kier molecular flexibility index (Phi) is 9.27. The Morgan fingerprint density at radius 3 is 2.38 bits per heavy atom. The van der Waals surface area contributed by atoms with E-state index in [1.54, 1.807) is 0 Å². The highest BCUT2D eigenvalue weighted by Crippen LogP contribution is 2.14. The van der Waals surface area contributed by atoms with Gasteiger partial charge in [0.15, 0.2) is 0 Å². The van der Waals surface area contributed by atoms with Gasteiger partial charge in [0.05, 0.1) is 0 Å². The normalized spacial score (nSPS) is 13.9. The monoisotopic (exact) mass is 223 g/mol. The molecule has 1 unspecified atom stereocenters. The summed E-state index contributed by atoms with van der Waals surface area (Å²) in [4.78, 5) is 4.53. The molecule has 0 saturated carbocycles. The predicted octanol–water partition coefficient (Wildman–Crippen LogP) is 5.37. The molecular weight excluding hydrogens is 194 g/mol. The molecule has 0 aromatic heterocycles. The molecule has 0 amide bonds. The van der Waals surface area contributed by atoms with E-state index in [2.05, 4.69) is 39.3 Å². The molecule has 0 aliphatic rings. The Hall–Kier alpha value is -0.590. The summed E-state index contributed by atoms with van der Waals surface area (Å²) in [6.45, 7) is 12.9. The maximum absolute atomic E-state index is 4.53. The van der Waals surface area contributed by atoms with E-state index in [1.807, 2.05) is 0 Å². The highest BCUT2D eigenvalue weighted by Gasteiger charge is 2.01. The van der Waals surface area contributed by atoms with Gasteiger partial charge in [-0.05, 0) is 32.1 Å². The highest BCUT2D eigenvalue weighted by atomic mass is 14.7. The first kappa shape index (κ1) is 15.4. The molecular formula is C15H29N. The Morgan fingerprint density at radius 1 is 1.12 bits per heavy atom. The van der Waals surface area contributed by atoms with Crippen molar-refractivity contribution >= 4 is 5.71 Å². The first-order valence-electron chi connectivity index (χ1n) is 6.82. The van der Waals surface area contributed by atoms with Crippen LogP contribution in [-0.4, -0.2) is 5.71 Å². The Bertz CT molecular complexity index is 215. The van der Waals surface area contributed by atoms with Crippen LogP contribution in [0.3, 0.4) is 0 Å². The van der Waals surface area contributed by atoms with E-state index in [0.717, 1.165) is 30.9 Å². The van der Waals surface area contributed by atoms with Crippen LogP contribution < -0.4 is 0 Å². The van der Waals surface area contributed by atoms with Crippen LogP contribution in [0.5, 0.6) is 0 Å². The molecule has 0 aromatic rings. The van der Waals surface area contributed by atoms with Crippen molar-refractivity contribution in [3.8, 4) is 0 Å². The maximum Gasteiger partial charge on any atom is 0.0331 e. The summed E-state index contributed by atoms with van der Waals surface area (Å²) >= 11 is 0. The van der Waals surface area contributed by atoms with Crippen LogP contribution in [0.2, 0.25) is 0 Å². The summed E-state index contributed by atoms with van der Waals surface area (Å²) in [5.74, 6) is 0.872. The summed E-state index contributed by atoms with van der Waals surface area (Å²) in [6.07, 6.45) is 8.58. The van der Waals surface area contributed by atoms with Gasteiger partial charge in [0.2, 0.25) is 0 Å². The Morgan fingerprint density at radius 2 is 1.81 bits per heavy atom. The fourth-order valence-corrected chi connectivity index (χ4v) is 2.01. The average Bonchev–Trinajstić information content (AvgIpc) is 2.18. The van der Waals surface area contributed by atoms with E-state index in [-0.39, 0.29) is 0 Å². The van der Waals surface area contributed by atoms with E-state index < -0.39 is 0 Å². The van der Waals surface area contributed by atoms with Crippen LogP contribution in [0.15, 0.2) is 17.3 Å². The van der Waals surface area contributed by atoms with Gasteiger partial charge in [-0.1, -0.05) is 53.0 Å². The van der Waals surface area contributed by atoms with Gasteiger partial charge in [-0.15, -0.1) is 0 Å². The van der Waals surface area contributed by atoms with Crippen molar-refractivity contribution < 1.29 is 0 Å². The molecule has 0 aromatic carbocycles. The third-order valence-corrected chi connectivity index (χ3v) is 2.90. The van der Waals surface area contributed by atoms with Crippen molar-refractivity contribution in [2.75, 3.05) is 0 Å². The number of aliphatic imine (C=N–C) groups is 1. The lowest BCUT2D eigenvalue weighted by molar-refractivity contribution is 0.474. The molecule has 0 spiro atoms. The molecule has 0 rings (SSSR count). The van der Waals surface area contributed by atoms with Gasteiger partial charge in [0.25, 0.3) is 0 Å². The second-order valence-corrected chi connectivity index (χ2v) is 4.95. The third-order valence-electron chi connectivity index (χ3n) is 2.90. The minimum atomic E-state index is 0.872. The lowest BCUT2D eigenvalue weighted by Gasteiger charge is -2.09. The zero-order valence-electron chi connectivity index (χ0n) is 11.7. The smallest absolute Gasteiger partial charge is 0.0331 e. The lowest BCUT2D eigenvalue weighted by atomic mass is 9.98. The molecule has 1 atom stereocenters. The number of rotatable bonds is 9. The zero-order valence-corrected chi connectivity index (χ0v) is 11.7. The first-order chi connectivity index (χ1) is 7.60. The van der Waals surface area contributed by atoms with Crippen molar-refractivity contribution in [1.82, 2.24) is 0 Å². The molecule has 0 N–H and O–H groups in total. The molecule has 0 aliphatic carbocycles. The molecule has 16 heavy (non-hydrogen) atoms. The first-order valence-corrected chi connectivity index (χ1v) is 6.82. The van der Waals surface area contributed by atoms with Crippen molar-refractivity contribution in [1.29, 1.82) is 0 Å². The van der Waals surface area contributed by atoms with Gasteiger partial charge in [0, 0.05) is 11.4 Å². The number of hydrogen-bond donors (Lipinski definition) is 0. The molecule has 0 radical (unpaired) electrons. The van der Waals surface area contributed by atoms with Crippen LogP contribution in [0.4, 0.5) is 0 Å². The molecule has 94 valence electrons. The predicted molar refractivity (Wildman–Crippen MR) is 75.1 cm³/mol. The molecule has 0 bridgehead atoms. The van der Waals surface area contributed by atoms with Crippen molar-refractivity contribution in [3.05, 3.63) is 12.3 Å². The summed E-state index contributed by atoms with van der Waals surface area (Å²) < 4.78 is 0. The zero-order chi connectivity index (χ0) is 12.4. The quantitative estimate of drug-likeness (QED) is 0.466. The SMILES string of the molecule is C=C(CCC)N=C(C)CCCC(C)CCC. The molecule has 0 aliphatic heterocycles. The van der Waals surface area contributed by atoms with Gasteiger partial charge < -0.3 is 0 Å². The van der Waals surface area contributed by atoms with E-state index in [4.69, 9.17) is 0 Å². The van der Waals surface area contributed by atoms with E-state index in [0.29, 0.717) is 0 Å². The number of hydrogen-bond acceptors (Lipinski definition) is 1. The van der Waals surface area contributed by atoms with Crippen LogP contribution in [0.25, 0.3) is 0 Å². The fraction of sp³-hybridized carbons (Fsp3) is 0.800. The van der Waals surface area contributed by atoms with Crippen LogP contribution in [0, 0.1) is 5.92 Å². The summed E-state index contributed by atoms with van der Waals surface area (Å²) in [5.41, 5.74) is 2.30. The van der Waals surface area contributed by atoms with Gasteiger partial charge in [0.1, 0.15) is 0 Å². The van der Waals surface area contributed by atoms with E-state index in [1.165, 1.54) is 31.4 Å². The molecule has 0 heterocycles. The van der Waals surface area contributed by atoms with Crippen LogP contribution >= 0.6 is 0 Å².